The van der Waals surface area contributed by atoms with Gasteiger partial charge >= 0.3 is 6.03 Å². The lowest BCUT2D eigenvalue weighted by Crippen LogP contribution is -2.36. The van der Waals surface area contributed by atoms with E-state index in [9.17, 15) is 4.79 Å². The van der Waals surface area contributed by atoms with E-state index in [1.807, 2.05) is 42.5 Å². The van der Waals surface area contributed by atoms with Gasteiger partial charge in [0, 0.05) is 11.4 Å². The van der Waals surface area contributed by atoms with Crippen LogP contribution in [0.25, 0.3) is 10.8 Å². The highest BCUT2D eigenvalue weighted by Crippen LogP contribution is 2.22. The second-order valence-electron chi connectivity index (χ2n) is 6.20. The quantitative estimate of drug-likeness (QED) is 0.751. The number of hydrogen-bond acceptors (Lipinski definition) is 2. The maximum absolute atomic E-state index is 12.2. The molecule has 2 N–H and O–H groups in total. The first kappa shape index (κ1) is 18.3. The van der Waals surface area contributed by atoms with Crippen LogP contribution in [-0.4, -0.2) is 36.6 Å². The van der Waals surface area contributed by atoms with Crippen LogP contribution in [0.3, 0.4) is 0 Å². The monoisotopic (exact) mass is 327 g/mol. The Labute approximate surface area is 145 Å². The zero-order chi connectivity index (χ0) is 17.4. The Hall–Kier alpha value is -2.07. The smallest absolute Gasteiger partial charge is 0.319 e. The van der Waals surface area contributed by atoms with E-state index in [0.717, 1.165) is 48.9 Å². The lowest BCUT2D eigenvalue weighted by molar-refractivity contribution is 0.247. The van der Waals surface area contributed by atoms with Crippen molar-refractivity contribution in [3.05, 3.63) is 42.5 Å². The summed E-state index contributed by atoms with van der Waals surface area (Å²) in [6.07, 6.45) is 2.08. The van der Waals surface area contributed by atoms with Crippen molar-refractivity contribution >= 4 is 22.5 Å². The van der Waals surface area contributed by atoms with Crippen molar-refractivity contribution in [3.8, 4) is 0 Å². The highest BCUT2D eigenvalue weighted by atomic mass is 16.2. The molecule has 0 saturated heterocycles. The van der Waals surface area contributed by atoms with Crippen LogP contribution in [0.5, 0.6) is 0 Å². The van der Waals surface area contributed by atoms with Crippen LogP contribution in [0, 0.1) is 0 Å². The summed E-state index contributed by atoms with van der Waals surface area (Å²) in [5.41, 5.74) is 0.848. The first-order valence-corrected chi connectivity index (χ1v) is 8.91. The number of amides is 2. The van der Waals surface area contributed by atoms with E-state index < -0.39 is 0 Å². The zero-order valence-electron chi connectivity index (χ0n) is 15.0. The number of benzene rings is 2. The molecule has 0 heterocycles. The summed E-state index contributed by atoms with van der Waals surface area (Å²) >= 11 is 0. The molecule has 24 heavy (non-hydrogen) atoms. The third-order valence-electron chi connectivity index (χ3n) is 4.42. The molecule has 130 valence electrons. The Bertz CT molecular complexity index is 647. The third kappa shape index (κ3) is 5.24. The minimum Gasteiger partial charge on any atom is -0.335 e. The number of hydrogen-bond donors (Lipinski definition) is 2. The Kier molecular flexibility index (Phi) is 7.07. The molecule has 4 heteroatoms. The van der Waals surface area contributed by atoms with Gasteiger partial charge in [-0.25, -0.2) is 4.79 Å². The van der Waals surface area contributed by atoms with Gasteiger partial charge in [-0.2, -0.15) is 0 Å². The molecule has 1 unspecified atom stereocenters. The molecule has 0 bridgehead atoms. The first-order valence-electron chi connectivity index (χ1n) is 8.91. The number of anilines is 1. The Morgan fingerprint density at radius 3 is 2.54 bits per heavy atom. The second-order valence-corrected chi connectivity index (χ2v) is 6.20. The Morgan fingerprint density at radius 2 is 1.79 bits per heavy atom. The van der Waals surface area contributed by atoms with E-state index in [-0.39, 0.29) is 12.1 Å². The van der Waals surface area contributed by atoms with Crippen LogP contribution in [0.2, 0.25) is 0 Å². The van der Waals surface area contributed by atoms with Crippen LogP contribution in [0.4, 0.5) is 10.5 Å². The summed E-state index contributed by atoms with van der Waals surface area (Å²) in [7, 11) is 0. The van der Waals surface area contributed by atoms with Crippen molar-refractivity contribution < 1.29 is 4.79 Å². The summed E-state index contributed by atoms with van der Waals surface area (Å²) in [6.45, 7) is 9.68. The predicted molar refractivity (Wildman–Crippen MR) is 103 cm³/mol. The molecule has 2 aromatic carbocycles. The summed E-state index contributed by atoms with van der Waals surface area (Å²) in [5, 5.41) is 8.20. The first-order chi connectivity index (χ1) is 11.6. The molecule has 2 amide bonds. The van der Waals surface area contributed by atoms with Gasteiger partial charge < -0.3 is 15.5 Å². The standard InChI is InChI=1S/C20H29N3O/c1-4-23(5-2)15-9-10-16(3)21-20(24)22-19-14-8-12-17-11-6-7-13-18(17)19/h6-8,11-14,16H,4-5,9-10,15H2,1-3H3,(H2,21,22,24). The molecule has 1 atom stereocenters. The van der Waals surface area contributed by atoms with E-state index in [4.69, 9.17) is 0 Å². The normalized spacial score (nSPS) is 12.3. The van der Waals surface area contributed by atoms with Crippen LogP contribution in [0.15, 0.2) is 42.5 Å². The van der Waals surface area contributed by atoms with E-state index in [1.54, 1.807) is 0 Å². The second kappa shape index (κ2) is 9.28. The fourth-order valence-corrected chi connectivity index (χ4v) is 2.95. The fraction of sp³-hybridized carbons (Fsp3) is 0.450. The van der Waals surface area contributed by atoms with Crippen LogP contribution < -0.4 is 10.6 Å². The molecule has 2 aromatic rings. The van der Waals surface area contributed by atoms with Gasteiger partial charge in [-0.1, -0.05) is 50.2 Å². The number of carbonyl (C=O) groups is 1. The lowest BCUT2D eigenvalue weighted by atomic mass is 10.1. The van der Waals surface area contributed by atoms with Crippen molar-refractivity contribution in [1.29, 1.82) is 0 Å². The van der Waals surface area contributed by atoms with Gasteiger partial charge in [0.2, 0.25) is 0 Å². The van der Waals surface area contributed by atoms with Crippen LogP contribution in [-0.2, 0) is 0 Å². The van der Waals surface area contributed by atoms with Crippen molar-refractivity contribution in [3.63, 3.8) is 0 Å². The Morgan fingerprint density at radius 1 is 1.08 bits per heavy atom. The maximum atomic E-state index is 12.2. The SMILES string of the molecule is CCN(CC)CCCC(C)NC(=O)Nc1cccc2ccccc12. The average molecular weight is 327 g/mol. The number of urea groups is 1. The molecule has 2 rings (SSSR count). The fourth-order valence-electron chi connectivity index (χ4n) is 2.95. The number of nitrogens with zero attached hydrogens (tertiary/aromatic N) is 1. The number of fused-ring (bicyclic) bond motifs is 1. The van der Waals surface area contributed by atoms with E-state index in [1.165, 1.54) is 0 Å². The maximum Gasteiger partial charge on any atom is 0.319 e. The zero-order valence-corrected chi connectivity index (χ0v) is 15.0. The number of nitrogens with one attached hydrogen (secondary N) is 2. The van der Waals surface area contributed by atoms with Crippen LogP contribution in [0.1, 0.15) is 33.6 Å². The van der Waals surface area contributed by atoms with Crippen molar-refractivity contribution in [2.24, 2.45) is 0 Å². The van der Waals surface area contributed by atoms with Crippen LogP contribution >= 0.6 is 0 Å². The molecule has 0 radical (unpaired) electrons. The van der Waals surface area contributed by atoms with Gasteiger partial charge in [-0.15, -0.1) is 0 Å². The van der Waals surface area contributed by atoms with Gasteiger partial charge in [0.25, 0.3) is 0 Å². The van der Waals surface area contributed by atoms with Gasteiger partial charge in [0.05, 0.1) is 5.69 Å². The van der Waals surface area contributed by atoms with Crippen molar-refractivity contribution in [2.45, 2.75) is 39.7 Å². The molecule has 0 aliphatic heterocycles. The Balaban J connectivity index is 1.84. The van der Waals surface area contributed by atoms with Gasteiger partial charge in [0.15, 0.2) is 0 Å². The highest BCUT2D eigenvalue weighted by molar-refractivity contribution is 6.01. The summed E-state index contributed by atoms with van der Waals surface area (Å²) < 4.78 is 0. The van der Waals surface area contributed by atoms with E-state index >= 15 is 0 Å². The molecule has 0 aliphatic rings. The minimum absolute atomic E-state index is 0.137. The number of carbonyl (C=O) groups excluding carboxylic acids is 1. The lowest BCUT2D eigenvalue weighted by Gasteiger charge is -2.20. The molecule has 0 saturated carbocycles. The summed E-state index contributed by atoms with van der Waals surface area (Å²) in [4.78, 5) is 14.6. The summed E-state index contributed by atoms with van der Waals surface area (Å²) in [5.74, 6) is 0. The van der Waals surface area contributed by atoms with Gasteiger partial charge in [-0.05, 0) is 50.9 Å². The van der Waals surface area contributed by atoms with Gasteiger partial charge in [-0.3, -0.25) is 0 Å². The molecule has 0 spiro atoms. The van der Waals surface area contributed by atoms with E-state index in [0.29, 0.717) is 0 Å². The molecule has 0 fully saturated rings. The molecular weight excluding hydrogens is 298 g/mol. The van der Waals surface area contributed by atoms with Gasteiger partial charge in [0.1, 0.15) is 0 Å². The molecule has 4 nitrogen and oxygen atoms in total. The number of rotatable bonds is 8. The average Bonchev–Trinajstić information content (AvgIpc) is 2.59. The highest BCUT2D eigenvalue weighted by Gasteiger charge is 2.09. The molecule has 0 aliphatic carbocycles. The molecular formula is C20H29N3O. The topological polar surface area (TPSA) is 44.4 Å². The van der Waals surface area contributed by atoms with E-state index in [2.05, 4.69) is 36.3 Å². The third-order valence-corrected chi connectivity index (χ3v) is 4.42. The molecule has 0 aromatic heterocycles. The predicted octanol–water partition coefficient (Wildman–Crippen LogP) is 4.47. The largest absolute Gasteiger partial charge is 0.335 e. The minimum atomic E-state index is -0.137. The van der Waals surface area contributed by atoms with Crippen molar-refractivity contribution in [2.75, 3.05) is 25.0 Å². The summed E-state index contributed by atoms with van der Waals surface area (Å²) in [6, 6.07) is 14.0. The van der Waals surface area contributed by atoms with Crippen molar-refractivity contribution in [1.82, 2.24) is 10.2 Å².